The van der Waals surface area contributed by atoms with Gasteiger partial charge in [-0.05, 0) is 78.4 Å². The summed E-state index contributed by atoms with van der Waals surface area (Å²) in [5.41, 5.74) is 4.10. The normalized spacial score (nSPS) is 11.5. The van der Waals surface area contributed by atoms with E-state index in [1.165, 1.54) is 24.3 Å². The van der Waals surface area contributed by atoms with Gasteiger partial charge in [-0.25, -0.2) is 14.2 Å². The lowest BCUT2D eigenvalue weighted by Crippen LogP contribution is -2.42. The van der Waals surface area contributed by atoms with Crippen molar-refractivity contribution in [3.05, 3.63) is 102 Å². The van der Waals surface area contributed by atoms with Gasteiger partial charge in [0.1, 0.15) is 17.6 Å². The summed E-state index contributed by atoms with van der Waals surface area (Å²) in [7, 11) is 0. The Hall–Kier alpha value is -4.72. The van der Waals surface area contributed by atoms with Crippen molar-refractivity contribution in [2.45, 2.75) is 38.1 Å². The van der Waals surface area contributed by atoms with E-state index < -0.39 is 12.0 Å². The summed E-state index contributed by atoms with van der Waals surface area (Å²) in [6, 6.07) is 25.0. The van der Waals surface area contributed by atoms with Crippen molar-refractivity contribution >= 4 is 11.9 Å². The summed E-state index contributed by atoms with van der Waals surface area (Å²) < 4.78 is 19.4. The number of unbranched alkanes of at least 4 members (excludes halogenated alkanes) is 2. The number of nitrogens with zero attached hydrogens (tertiary/aromatic N) is 1. The van der Waals surface area contributed by atoms with E-state index in [9.17, 15) is 24.2 Å². The highest BCUT2D eigenvalue weighted by molar-refractivity contribution is 5.83. The lowest BCUT2D eigenvalue weighted by Gasteiger charge is -2.15. The van der Waals surface area contributed by atoms with Crippen molar-refractivity contribution in [2.75, 3.05) is 6.61 Å². The van der Waals surface area contributed by atoms with E-state index >= 15 is 0 Å². The quantitative estimate of drug-likeness (QED) is 0.179. The highest BCUT2D eigenvalue weighted by Gasteiger charge is 2.20. The number of phenols is 1. The molecule has 0 aliphatic heterocycles. The molecule has 1 atom stereocenters. The Kier molecular flexibility index (Phi) is 9.83. The fourth-order valence-electron chi connectivity index (χ4n) is 4.22. The second-order valence-corrected chi connectivity index (χ2v) is 9.44. The van der Waals surface area contributed by atoms with Gasteiger partial charge in [0.05, 0.1) is 12.3 Å². The van der Waals surface area contributed by atoms with E-state index in [4.69, 9.17) is 4.74 Å². The summed E-state index contributed by atoms with van der Waals surface area (Å²) in [6.07, 6.45) is 2.32. The molecule has 0 bridgehead atoms. The Labute approximate surface area is 232 Å². The molecule has 40 heavy (non-hydrogen) atoms. The first-order valence-electron chi connectivity index (χ1n) is 13.1. The van der Waals surface area contributed by atoms with E-state index in [-0.39, 0.29) is 30.3 Å². The summed E-state index contributed by atoms with van der Waals surface area (Å²) in [5.74, 6) is -1.20. The standard InChI is InChI=1S/C32H31FN2O5/c33-26-14-12-24(13-15-26)28-20-25(23-7-3-1-4-8-23)21-31(35-28)40-18-6-2-5-9-30(37)34-29(32(38)39)19-22-10-16-27(36)17-11-22/h1,3-4,7-8,10-17,20-21,29,36H,2,5-6,9,18-19H2,(H,34,37)(H,38,39)/t29-/m0/s1. The number of halogens is 1. The molecule has 0 aliphatic rings. The van der Waals surface area contributed by atoms with E-state index in [2.05, 4.69) is 10.3 Å². The number of hydrogen-bond acceptors (Lipinski definition) is 5. The Bertz CT molecular complexity index is 1410. The van der Waals surface area contributed by atoms with Crippen LogP contribution >= 0.6 is 0 Å². The maximum atomic E-state index is 13.4. The Morgan fingerprint density at radius 1 is 0.850 bits per heavy atom. The number of aliphatic carboxylic acids is 1. The van der Waals surface area contributed by atoms with Crippen molar-refractivity contribution in [1.29, 1.82) is 0 Å². The zero-order valence-corrected chi connectivity index (χ0v) is 21.9. The van der Waals surface area contributed by atoms with Crippen LogP contribution in [0.2, 0.25) is 0 Å². The van der Waals surface area contributed by atoms with E-state index in [1.807, 2.05) is 42.5 Å². The number of ether oxygens (including phenoxy) is 1. The van der Waals surface area contributed by atoms with Crippen LogP contribution < -0.4 is 10.1 Å². The molecular weight excluding hydrogens is 511 g/mol. The summed E-state index contributed by atoms with van der Waals surface area (Å²) in [4.78, 5) is 28.6. The maximum absolute atomic E-state index is 13.4. The first-order valence-corrected chi connectivity index (χ1v) is 13.1. The lowest BCUT2D eigenvalue weighted by molar-refractivity contribution is -0.141. The van der Waals surface area contributed by atoms with Crippen LogP contribution in [0.5, 0.6) is 11.6 Å². The molecule has 8 heteroatoms. The Morgan fingerprint density at radius 2 is 1.57 bits per heavy atom. The third-order valence-corrected chi connectivity index (χ3v) is 6.36. The highest BCUT2D eigenvalue weighted by atomic mass is 19.1. The molecule has 3 N–H and O–H groups in total. The fraction of sp³-hybridized carbons (Fsp3) is 0.219. The van der Waals surface area contributed by atoms with Gasteiger partial charge in [-0.3, -0.25) is 4.79 Å². The predicted octanol–water partition coefficient (Wildman–Crippen LogP) is 6.01. The van der Waals surface area contributed by atoms with Crippen molar-refractivity contribution in [2.24, 2.45) is 0 Å². The first kappa shape index (κ1) is 28.3. The summed E-state index contributed by atoms with van der Waals surface area (Å²) in [6.45, 7) is 0.397. The van der Waals surface area contributed by atoms with Gasteiger partial charge in [-0.1, -0.05) is 42.5 Å². The number of rotatable bonds is 13. The Morgan fingerprint density at radius 3 is 2.27 bits per heavy atom. The van der Waals surface area contributed by atoms with Crippen LogP contribution in [0.25, 0.3) is 22.4 Å². The number of carboxylic acids is 1. The molecule has 0 saturated heterocycles. The predicted molar refractivity (Wildman–Crippen MR) is 150 cm³/mol. The average molecular weight is 543 g/mol. The number of carbonyl (C=O) groups is 2. The van der Waals surface area contributed by atoms with Crippen LogP contribution in [0.3, 0.4) is 0 Å². The van der Waals surface area contributed by atoms with Gasteiger partial charge in [0.15, 0.2) is 0 Å². The van der Waals surface area contributed by atoms with Gasteiger partial charge in [0.25, 0.3) is 0 Å². The number of amides is 1. The molecule has 206 valence electrons. The molecule has 4 rings (SSSR count). The van der Waals surface area contributed by atoms with Gasteiger partial charge in [-0.15, -0.1) is 0 Å². The highest BCUT2D eigenvalue weighted by Crippen LogP contribution is 2.29. The van der Waals surface area contributed by atoms with Gasteiger partial charge >= 0.3 is 5.97 Å². The molecule has 7 nitrogen and oxygen atoms in total. The van der Waals surface area contributed by atoms with E-state index in [1.54, 1.807) is 24.3 Å². The number of aromatic nitrogens is 1. The van der Waals surface area contributed by atoms with Crippen LogP contribution in [0.15, 0.2) is 91.0 Å². The van der Waals surface area contributed by atoms with Crippen molar-refractivity contribution in [3.63, 3.8) is 0 Å². The smallest absolute Gasteiger partial charge is 0.326 e. The summed E-state index contributed by atoms with van der Waals surface area (Å²) >= 11 is 0. The largest absolute Gasteiger partial charge is 0.508 e. The van der Waals surface area contributed by atoms with Gasteiger partial charge in [0, 0.05) is 24.5 Å². The number of aromatic hydroxyl groups is 1. The van der Waals surface area contributed by atoms with Gasteiger partial charge in [-0.2, -0.15) is 0 Å². The first-order chi connectivity index (χ1) is 19.4. The molecular formula is C32H31FN2O5. The number of phenolic OH excluding ortho intramolecular Hbond substituents is 1. The molecule has 1 aromatic heterocycles. The molecule has 0 unspecified atom stereocenters. The molecule has 1 heterocycles. The second-order valence-electron chi connectivity index (χ2n) is 9.44. The molecule has 0 radical (unpaired) electrons. The number of carboxylic acid groups (broad SMARTS) is 1. The van der Waals surface area contributed by atoms with E-state index in [0.29, 0.717) is 43.0 Å². The van der Waals surface area contributed by atoms with Crippen LogP contribution in [-0.2, 0) is 16.0 Å². The third-order valence-electron chi connectivity index (χ3n) is 6.36. The topological polar surface area (TPSA) is 109 Å². The van der Waals surface area contributed by atoms with Crippen molar-refractivity contribution in [1.82, 2.24) is 10.3 Å². The molecule has 0 spiro atoms. The summed E-state index contributed by atoms with van der Waals surface area (Å²) in [5, 5.41) is 21.4. The van der Waals surface area contributed by atoms with Crippen molar-refractivity contribution in [3.8, 4) is 34.0 Å². The van der Waals surface area contributed by atoms with Crippen LogP contribution in [0.1, 0.15) is 31.2 Å². The lowest BCUT2D eigenvalue weighted by atomic mass is 10.0. The number of nitrogens with one attached hydrogen (secondary N) is 1. The fourth-order valence-corrected chi connectivity index (χ4v) is 4.22. The van der Waals surface area contributed by atoms with Crippen LogP contribution in [-0.4, -0.2) is 39.7 Å². The van der Waals surface area contributed by atoms with Crippen LogP contribution in [0.4, 0.5) is 4.39 Å². The van der Waals surface area contributed by atoms with Gasteiger partial charge in [0.2, 0.25) is 11.8 Å². The molecule has 1 amide bonds. The molecule has 0 fully saturated rings. The third kappa shape index (κ3) is 8.39. The minimum absolute atomic E-state index is 0.0941. The maximum Gasteiger partial charge on any atom is 0.326 e. The number of pyridine rings is 1. The number of benzene rings is 3. The van der Waals surface area contributed by atoms with Gasteiger partial charge < -0.3 is 20.3 Å². The minimum atomic E-state index is -1.11. The monoisotopic (exact) mass is 542 g/mol. The molecule has 3 aromatic carbocycles. The molecule has 0 aliphatic carbocycles. The number of carbonyl (C=O) groups excluding carboxylic acids is 1. The van der Waals surface area contributed by atoms with Crippen molar-refractivity contribution < 1.29 is 28.9 Å². The molecule has 4 aromatic rings. The average Bonchev–Trinajstić information content (AvgIpc) is 2.96. The van der Waals surface area contributed by atoms with E-state index in [0.717, 1.165) is 16.7 Å². The SMILES string of the molecule is O=C(CCCCCOc1cc(-c2ccccc2)cc(-c2ccc(F)cc2)n1)N[C@@H](Cc1ccc(O)cc1)C(=O)O. The zero-order chi connectivity index (χ0) is 28.3. The Balaban J connectivity index is 1.27. The zero-order valence-electron chi connectivity index (χ0n) is 21.9. The van der Waals surface area contributed by atoms with Crippen LogP contribution in [0, 0.1) is 5.82 Å². The molecule has 0 saturated carbocycles. The second kappa shape index (κ2) is 13.9. The minimum Gasteiger partial charge on any atom is -0.508 e. The number of hydrogen-bond donors (Lipinski definition) is 3.